The number of hydrogen-bond donors (Lipinski definition) is 2. The maximum Gasteiger partial charge on any atom is 0.191 e. The molecule has 1 aromatic carbocycles. The largest absolute Gasteiger partial charge is 0.359 e. The first kappa shape index (κ1) is 20.9. The number of hydrogen-bond acceptors (Lipinski definition) is 5. The molecule has 144 valence electrons. The highest BCUT2D eigenvalue weighted by Crippen LogP contribution is 2.19. The molecule has 2 heterocycles. The van der Waals surface area contributed by atoms with Gasteiger partial charge >= 0.3 is 0 Å². The molecule has 0 radical (unpaired) electrons. The molecule has 0 spiro atoms. The highest BCUT2D eigenvalue weighted by molar-refractivity contribution is 14.0. The summed E-state index contributed by atoms with van der Waals surface area (Å²) in [5.41, 5.74) is 2.74. The van der Waals surface area contributed by atoms with Crippen molar-refractivity contribution in [1.29, 1.82) is 0 Å². The van der Waals surface area contributed by atoms with E-state index in [1.807, 2.05) is 42.5 Å². The van der Waals surface area contributed by atoms with Crippen LogP contribution in [0.4, 0.5) is 0 Å². The second kappa shape index (κ2) is 10.1. The Balaban J connectivity index is 0.00000261. The summed E-state index contributed by atoms with van der Waals surface area (Å²) in [5, 5.41) is 14.5. The lowest BCUT2D eigenvalue weighted by molar-refractivity contribution is 0.372. The van der Waals surface area contributed by atoms with E-state index in [0.717, 1.165) is 28.5 Å². The Morgan fingerprint density at radius 1 is 1.04 bits per heavy atom. The predicted molar refractivity (Wildman–Crippen MR) is 115 cm³/mol. The van der Waals surface area contributed by atoms with Gasteiger partial charge in [-0.15, -0.1) is 24.0 Å². The van der Waals surface area contributed by atoms with Crippen molar-refractivity contribution in [2.45, 2.75) is 32.9 Å². The Morgan fingerprint density at radius 2 is 1.78 bits per heavy atom. The Morgan fingerprint density at radius 3 is 2.44 bits per heavy atom. The molecule has 0 bridgehead atoms. The third kappa shape index (κ3) is 5.81. The van der Waals surface area contributed by atoms with E-state index in [-0.39, 0.29) is 24.0 Å². The van der Waals surface area contributed by atoms with Gasteiger partial charge in [0.1, 0.15) is 5.69 Å². The number of nitrogens with one attached hydrogen (secondary N) is 2. The van der Waals surface area contributed by atoms with Gasteiger partial charge in [0.2, 0.25) is 0 Å². The van der Waals surface area contributed by atoms with Gasteiger partial charge in [-0.2, -0.15) is 0 Å². The average molecular weight is 481 g/mol. The van der Waals surface area contributed by atoms with Crippen LogP contribution in [0.2, 0.25) is 0 Å². The first-order valence-corrected chi connectivity index (χ1v) is 8.56. The van der Waals surface area contributed by atoms with E-state index in [1.54, 1.807) is 7.05 Å². The second-order valence-electron chi connectivity index (χ2n) is 6.20. The molecule has 0 atom stereocenters. The molecule has 7 nitrogen and oxygen atoms in total. The van der Waals surface area contributed by atoms with Gasteiger partial charge in [0.05, 0.1) is 18.8 Å². The molecular formula is C19H24IN5O2. The number of rotatable bonds is 6. The molecule has 0 saturated heterocycles. The molecule has 8 heteroatoms. The van der Waals surface area contributed by atoms with Gasteiger partial charge in [-0.05, 0) is 5.92 Å². The first-order valence-electron chi connectivity index (χ1n) is 8.56. The SMILES string of the molecule is CN=C(NCc1cc(-c2ccccc2)on1)NCc1cc(C(C)C)no1.I. The third-order valence-electron chi connectivity index (χ3n) is 3.88. The van der Waals surface area contributed by atoms with Crippen LogP contribution in [0.3, 0.4) is 0 Å². The molecule has 2 N–H and O–H groups in total. The number of nitrogens with zero attached hydrogens (tertiary/aromatic N) is 3. The van der Waals surface area contributed by atoms with Gasteiger partial charge in [0.25, 0.3) is 0 Å². The minimum absolute atomic E-state index is 0. The first-order chi connectivity index (χ1) is 12.7. The third-order valence-corrected chi connectivity index (χ3v) is 3.88. The highest BCUT2D eigenvalue weighted by Gasteiger charge is 2.09. The normalized spacial score (nSPS) is 11.3. The number of halogens is 1. The number of guanidine groups is 1. The standard InChI is InChI=1S/C19H23N5O2.HI/c1-13(2)17-10-16(25-24-17)12-22-19(20-3)21-11-15-9-18(26-23-15)14-7-5-4-6-8-14;/h4-10,13H,11-12H2,1-3H3,(H2,20,21,22);1H. The molecule has 0 amide bonds. The number of aromatic nitrogens is 2. The van der Waals surface area contributed by atoms with Gasteiger partial charge in [-0.25, -0.2) is 0 Å². The Hall–Kier alpha value is -2.36. The van der Waals surface area contributed by atoms with Crippen LogP contribution in [0.25, 0.3) is 11.3 Å². The van der Waals surface area contributed by atoms with Crippen molar-refractivity contribution >= 4 is 29.9 Å². The summed E-state index contributed by atoms with van der Waals surface area (Å²) in [6, 6.07) is 13.7. The smallest absolute Gasteiger partial charge is 0.191 e. The molecule has 0 fully saturated rings. The summed E-state index contributed by atoms with van der Waals surface area (Å²) in [6.07, 6.45) is 0. The van der Waals surface area contributed by atoms with Gasteiger partial charge in [0, 0.05) is 24.7 Å². The van der Waals surface area contributed by atoms with E-state index < -0.39 is 0 Å². The van der Waals surface area contributed by atoms with Crippen LogP contribution in [-0.4, -0.2) is 23.3 Å². The predicted octanol–water partition coefficient (Wildman–Crippen LogP) is 3.94. The van der Waals surface area contributed by atoms with Gasteiger partial charge in [-0.1, -0.05) is 54.5 Å². The van der Waals surface area contributed by atoms with E-state index >= 15 is 0 Å². The zero-order valence-electron chi connectivity index (χ0n) is 15.6. The molecule has 0 aliphatic heterocycles. The summed E-state index contributed by atoms with van der Waals surface area (Å²) in [4.78, 5) is 4.20. The summed E-state index contributed by atoms with van der Waals surface area (Å²) >= 11 is 0. The summed E-state index contributed by atoms with van der Waals surface area (Å²) in [7, 11) is 1.72. The molecule has 0 saturated carbocycles. The zero-order valence-corrected chi connectivity index (χ0v) is 17.9. The second-order valence-corrected chi connectivity index (χ2v) is 6.20. The van der Waals surface area contributed by atoms with Crippen molar-refractivity contribution in [2.75, 3.05) is 7.05 Å². The van der Waals surface area contributed by atoms with Crippen LogP contribution in [0.15, 0.2) is 56.5 Å². The molecule has 0 aliphatic carbocycles. The van der Waals surface area contributed by atoms with Crippen LogP contribution >= 0.6 is 24.0 Å². The lowest BCUT2D eigenvalue weighted by atomic mass is 10.1. The van der Waals surface area contributed by atoms with E-state index in [4.69, 9.17) is 9.05 Å². The van der Waals surface area contributed by atoms with Crippen LogP contribution in [-0.2, 0) is 13.1 Å². The minimum Gasteiger partial charge on any atom is -0.359 e. The molecule has 0 aliphatic rings. The summed E-state index contributed by atoms with van der Waals surface area (Å²) in [6.45, 7) is 5.17. The minimum atomic E-state index is 0. The van der Waals surface area contributed by atoms with Crippen molar-refractivity contribution in [3.63, 3.8) is 0 Å². The van der Waals surface area contributed by atoms with E-state index in [2.05, 4.69) is 39.8 Å². The van der Waals surface area contributed by atoms with Crippen molar-refractivity contribution in [3.05, 3.63) is 59.6 Å². The van der Waals surface area contributed by atoms with Gasteiger partial charge < -0.3 is 19.7 Å². The average Bonchev–Trinajstić information content (AvgIpc) is 3.32. The Bertz CT molecular complexity index is 858. The van der Waals surface area contributed by atoms with Crippen molar-refractivity contribution in [1.82, 2.24) is 20.9 Å². The van der Waals surface area contributed by atoms with E-state index in [0.29, 0.717) is 25.0 Å². The van der Waals surface area contributed by atoms with Crippen LogP contribution in [0, 0.1) is 0 Å². The molecule has 27 heavy (non-hydrogen) atoms. The summed E-state index contributed by atoms with van der Waals surface area (Å²) < 4.78 is 10.7. The van der Waals surface area contributed by atoms with Crippen LogP contribution in [0.5, 0.6) is 0 Å². The molecule has 3 aromatic rings. The molecule has 2 aromatic heterocycles. The lowest BCUT2D eigenvalue weighted by Crippen LogP contribution is -2.36. The molecular weight excluding hydrogens is 457 g/mol. The van der Waals surface area contributed by atoms with Gasteiger partial charge in [-0.3, -0.25) is 4.99 Å². The van der Waals surface area contributed by atoms with Gasteiger partial charge in [0.15, 0.2) is 17.5 Å². The summed E-state index contributed by atoms with van der Waals surface area (Å²) in [5.74, 6) is 2.50. The van der Waals surface area contributed by atoms with E-state index in [1.165, 1.54) is 0 Å². The highest BCUT2D eigenvalue weighted by atomic mass is 127. The van der Waals surface area contributed by atoms with Crippen molar-refractivity contribution in [3.8, 4) is 11.3 Å². The monoisotopic (exact) mass is 481 g/mol. The maximum absolute atomic E-state index is 5.40. The van der Waals surface area contributed by atoms with Crippen LogP contribution < -0.4 is 10.6 Å². The molecule has 3 rings (SSSR count). The van der Waals surface area contributed by atoms with Crippen molar-refractivity contribution < 1.29 is 9.05 Å². The van der Waals surface area contributed by atoms with Crippen molar-refractivity contribution in [2.24, 2.45) is 4.99 Å². The fraction of sp³-hybridized carbons (Fsp3) is 0.316. The molecule has 0 unspecified atom stereocenters. The topological polar surface area (TPSA) is 88.5 Å². The fourth-order valence-electron chi connectivity index (χ4n) is 2.38. The number of aliphatic imine (C=N–C) groups is 1. The van der Waals surface area contributed by atoms with Crippen LogP contribution in [0.1, 0.15) is 36.9 Å². The number of benzene rings is 1. The Labute approximate surface area is 175 Å². The maximum atomic E-state index is 5.40. The zero-order chi connectivity index (χ0) is 18.4. The fourth-order valence-corrected chi connectivity index (χ4v) is 2.38. The lowest BCUT2D eigenvalue weighted by Gasteiger charge is -2.08. The quantitative estimate of drug-likeness (QED) is 0.315. The van der Waals surface area contributed by atoms with E-state index in [9.17, 15) is 0 Å². The Kier molecular flexibility index (Phi) is 7.83.